The lowest BCUT2D eigenvalue weighted by atomic mass is 10.1. The van der Waals surface area contributed by atoms with Gasteiger partial charge in [-0.15, -0.1) is 0 Å². The van der Waals surface area contributed by atoms with Crippen molar-refractivity contribution in [2.45, 2.75) is 6.61 Å². The van der Waals surface area contributed by atoms with Gasteiger partial charge in [-0.3, -0.25) is 4.79 Å². The van der Waals surface area contributed by atoms with Crippen molar-refractivity contribution in [3.05, 3.63) is 100 Å². The van der Waals surface area contributed by atoms with Crippen molar-refractivity contribution in [3.63, 3.8) is 0 Å². The van der Waals surface area contributed by atoms with Crippen molar-refractivity contribution in [3.8, 4) is 16.9 Å². The molecule has 0 fully saturated rings. The average Bonchev–Trinajstić information content (AvgIpc) is 2.73. The number of rotatable bonds is 5. The van der Waals surface area contributed by atoms with E-state index in [4.69, 9.17) is 14.3 Å². The van der Waals surface area contributed by atoms with Crippen LogP contribution in [-0.4, -0.2) is 11.1 Å². The van der Waals surface area contributed by atoms with Gasteiger partial charge in [-0.1, -0.05) is 42.5 Å². The van der Waals surface area contributed by atoms with Crippen molar-refractivity contribution in [1.82, 2.24) is 0 Å². The zero-order valence-electron chi connectivity index (χ0n) is 14.8. The van der Waals surface area contributed by atoms with E-state index in [1.807, 2.05) is 30.3 Å². The Balaban J connectivity index is 1.59. The Morgan fingerprint density at radius 3 is 2.57 bits per heavy atom. The van der Waals surface area contributed by atoms with Crippen LogP contribution in [0.3, 0.4) is 0 Å². The van der Waals surface area contributed by atoms with Crippen molar-refractivity contribution >= 4 is 16.9 Å². The lowest BCUT2D eigenvalue weighted by molar-refractivity contribution is 0.0696. The van der Waals surface area contributed by atoms with Crippen molar-refractivity contribution in [2.24, 2.45) is 0 Å². The Hall–Kier alpha value is -3.86. The molecule has 4 aromatic rings. The molecular formula is C23H16O5. The number of carbonyl (C=O) groups is 1. The van der Waals surface area contributed by atoms with Gasteiger partial charge in [0.05, 0.1) is 16.5 Å². The molecule has 0 saturated carbocycles. The molecule has 0 unspecified atom stereocenters. The molecule has 0 aliphatic carbocycles. The van der Waals surface area contributed by atoms with Crippen LogP contribution in [0, 0.1) is 0 Å². The predicted molar refractivity (Wildman–Crippen MR) is 106 cm³/mol. The van der Waals surface area contributed by atoms with E-state index >= 15 is 0 Å². The minimum absolute atomic E-state index is 0.104. The Morgan fingerprint density at radius 1 is 0.964 bits per heavy atom. The summed E-state index contributed by atoms with van der Waals surface area (Å²) < 4.78 is 11.4. The van der Waals surface area contributed by atoms with E-state index in [1.54, 1.807) is 36.4 Å². The first-order valence-electron chi connectivity index (χ1n) is 8.68. The summed E-state index contributed by atoms with van der Waals surface area (Å²) in [6.45, 7) is 0.207. The van der Waals surface area contributed by atoms with E-state index in [-0.39, 0.29) is 17.6 Å². The molecule has 4 rings (SSSR count). The molecule has 0 spiro atoms. The van der Waals surface area contributed by atoms with E-state index in [0.717, 1.165) is 11.1 Å². The van der Waals surface area contributed by atoms with Crippen LogP contribution in [0.2, 0.25) is 0 Å². The van der Waals surface area contributed by atoms with E-state index in [0.29, 0.717) is 22.3 Å². The first kappa shape index (κ1) is 17.5. The zero-order chi connectivity index (χ0) is 19.5. The van der Waals surface area contributed by atoms with Gasteiger partial charge in [-0.25, -0.2) is 4.79 Å². The maximum Gasteiger partial charge on any atom is 0.335 e. The summed E-state index contributed by atoms with van der Waals surface area (Å²) in [5.74, 6) is -0.451. The minimum atomic E-state index is -0.983. The van der Waals surface area contributed by atoms with Gasteiger partial charge >= 0.3 is 5.97 Å². The number of fused-ring (bicyclic) bond motifs is 1. The summed E-state index contributed by atoms with van der Waals surface area (Å²) in [7, 11) is 0. The van der Waals surface area contributed by atoms with Crippen LogP contribution >= 0.6 is 0 Å². The molecule has 28 heavy (non-hydrogen) atoms. The molecular weight excluding hydrogens is 356 g/mol. The summed E-state index contributed by atoms with van der Waals surface area (Å²) in [5, 5.41) is 9.53. The predicted octanol–water partition coefficient (Wildman–Crippen LogP) is 4.74. The molecule has 0 radical (unpaired) electrons. The molecule has 0 atom stereocenters. The molecule has 3 aromatic carbocycles. The zero-order valence-corrected chi connectivity index (χ0v) is 14.8. The van der Waals surface area contributed by atoms with Gasteiger partial charge < -0.3 is 14.3 Å². The number of ether oxygens (including phenoxy) is 1. The van der Waals surface area contributed by atoms with E-state index in [1.165, 1.54) is 12.3 Å². The molecule has 1 aromatic heterocycles. The first-order chi connectivity index (χ1) is 13.6. The molecule has 5 nitrogen and oxygen atoms in total. The Labute approximate surface area is 160 Å². The summed E-state index contributed by atoms with van der Waals surface area (Å²) in [6.07, 6.45) is 1.46. The third-order valence-corrected chi connectivity index (χ3v) is 4.41. The van der Waals surface area contributed by atoms with Crippen molar-refractivity contribution in [2.75, 3.05) is 0 Å². The number of aromatic carboxylic acids is 1. The highest BCUT2D eigenvalue weighted by atomic mass is 16.5. The highest BCUT2D eigenvalue weighted by Gasteiger charge is 2.10. The van der Waals surface area contributed by atoms with Crippen LogP contribution in [0.4, 0.5) is 0 Å². The first-order valence-corrected chi connectivity index (χ1v) is 8.68. The van der Waals surface area contributed by atoms with Gasteiger partial charge in [0.15, 0.2) is 5.43 Å². The molecule has 0 aliphatic heterocycles. The van der Waals surface area contributed by atoms with Crippen LogP contribution in [0.5, 0.6) is 5.75 Å². The van der Waals surface area contributed by atoms with Gasteiger partial charge in [-0.05, 0) is 35.4 Å². The van der Waals surface area contributed by atoms with Crippen LogP contribution < -0.4 is 10.2 Å². The number of carboxylic acid groups (broad SMARTS) is 1. The summed E-state index contributed by atoms with van der Waals surface area (Å²) in [5.41, 5.74) is 2.58. The topological polar surface area (TPSA) is 76.7 Å². The van der Waals surface area contributed by atoms with E-state index in [9.17, 15) is 9.59 Å². The van der Waals surface area contributed by atoms with Gasteiger partial charge in [0.2, 0.25) is 0 Å². The van der Waals surface area contributed by atoms with Crippen molar-refractivity contribution < 1.29 is 19.1 Å². The fourth-order valence-corrected chi connectivity index (χ4v) is 2.98. The SMILES string of the molecule is O=C(O)c1cccc(COc2ccc3c(=O)c(-c4ccccc4)coc3c2)c1. The second kappa shape index (κ2) is 7.40. The fourth-order valence-electron chi connectivity index (χ4n) is 2.98. The highest BCUT2D eigenvalue weighted by Crippen LogP contribution is 2.23. The minimum Gasteiger partial charge on any atom is -0.489 e. The van der Waals surface area contributed by atoms with E-state index < -0.39 is 5.97 Å². The highest BCUT2D eigenvalue weighted by molar-refractivity contribution is 5.87. The molecule has 138 valence electrons. The van der Waals surface area contributed by atoms with Crippen LogP contribution in [-0.2, 0) is 6.61 Å². The van der Waals surface area contributed by atoms with Gasteiger partial charge in [0, 0.05) is 6.07 Å². The molecule has 1 heterocycles. The fraction of sp³-hybridized carbons (Fsp3) is 0.0435. The standard InChI is InChI=1S/C23H16O5/c24-22-19-10-9-18(27-13-15-5-4-8-17(11-15)23(25)26)12-21(19)28-14-20(22)16-6-2-1-3-7-16/h1-12,14H,13H2,(H,25,26). The third-order valence-electron chi connectivity index (χ3n) is 4.41. The smallest absolute Gasteiger partial charge is 0.335 e. The molecule has 1 N–H and O–H groups in total. The quantitative estimate of drug-likeness (QED) is 0.548. The van der Waals surface area contributed by atoms with E-state index in [2.05, 4.69) is 0 Å². The molecule has 0 amide bonds. The Bertz CT molecular complexity index is 1210. The Morgan fingerprint density at radius 2 is 1.79 bits per heavy atom. The van der Waals surface area contributed by atoms with Crippen molar-refractivity contribution in [1.29, 1.82) is 0 Å². The molecule has 0 bridgehead atoms. The molecule has 0 saturated heterocycles. The average molecular weight is 372 g/mol. The van der Waals surface area contributed by atoms with Gasteiger partial charge in [0.1, 0.15) is 24.2 Å². The van der Waals surface area contributed by atoms with Crippen LogP contribution in [0.1, 0.15) is 15.9 Å². The summed E-state index contributed by atoms with van der Waals surface area (Å²) in [6, 6.07) is 21.0. The lowest BCUT2D eigenvalue weighted by Gasteiger charge is -2.08. The normalized spacial score (nSPS) is 10.7. The Kier molecular flexibility index (Phi) is 4.64. The number of hydrogen-bond donors (Lipinski definition) is 1. The lowest BCUT2D eigenvalue weighted by Crippen LogP contribution is -2.05. The molecule has 5 heteroatoms. The largest absolute Gasteiger partial charge is 0.489 e. The second-order valence-electron chi connectivity index (χ2n) is 6.30. The number of carboxylic acids is 1. The van der Waals surface area contributed by atoms with Gasteiger partial charge in [0.25, 0.3) is 0 Å². The second-order valence-corrected chi connectivity index (χ2v) is 6.30. The maximum atomic E-state index is 12.8. The number of benzene rings is 3. The number of hydrogen-bond acceptors (Lipinski definition) is 4. The maximum absolute atomic E-state index is 12.8. The monoisotopic (exact) mass is 372 g/mol. The van der Waals surface area contributed by atoms with Crippen LogP contribution in [0.15, 0.2) is 88.3 Å². The van der Waals surface area contributed by atoms with Gasteiger partial charge in [-0.2, -0.15) is 0 Å². The van der Waals surface area contributed by atoms with Crippen LogP contribution in [0.25, 0.3) is 22.1 Å². The molecule has 0 aliphatic rings. The summed E-state index contributed by atoms with van der Waals surface area (Å²) in [4.78, 5) is 23.8. The third kappa shape index (κ3) is 3.50. The summed E-state index contributed by atoms with van der Waals surface area (Å²) >= 11 is 0.